The average Bonchev–Trinajstić information content (AvgIpc) is 3.19. The molecule has 6 nitrogen and oxygen atoms in total. The molecule has 1 atom stereocenters. The quantitative estimate of drug-likeness (QED) is 0.784. The van der Waals surface area contributed by atoms with Crippen LogP contribution >= 0.6 is 0 Å². The monoisotopic (exact) mass is 283 g/mol. The van der Waals surface area contributed by atoms with Gasteiger partial charge in [0, 0.05) is 32.7 Å². The average molecular weight is 283 g/mol. The first-order valence-electron chi connectivity index (χ1n) is 7.48. The molecule has 1 aliphatic heterocycles. The molecule has 0 aromatic heterocycles. The summed E-state index contributed by atoms with van der Waals surface area (Å²) in [7, 11) is 0. The standard InChI is InChI=1S/C14H25N3O3/c1-10(2)9-16-5-7-17(8-6-16)14(20)15-12(13(18)19)11-3-4-11/h10-12H,3-9H2,1-2H3,(H,15,20)(H,18,19). The van der Waals surface area contributed by atoms with Gasteiger partial charge in [-0.25, -0.2) is 9.59 Å². The summed E-state index contributed by atoms with van der Waals surface area (Å²) in [6.07, 6.45) is 1.80. The molecule has 0 spiro atoms. The summed E-state index contributed by atoms with van der Waals surface area (Å²) in [5.41, 5.74) is 0. The predicted molar refractivity (Wildman–Crippen MR) is 75.5 cm³/mol. The van der Waals surface area contributed by atoms with E-state index < -0.39 is 12.0 Å². The highest BCUT2D eigenvalue weighted by atomic mass is 16.4. The molecular formula is C14H25N3O3. The van der Waals surface area contributed by atoms with Crippen LogP contribution in [0.15, 0.2) is 0 Å². The third-order valence-corrected chi connectivity index (χ3v) is 3.92. The van der Waals surface area contributed by atoms with Crippen molar-refractivity contribution >= 4 is 12.0 Å². The molecule has 0 aromatic carbocycles. The van der Waals surface area contributed by atoms with Crippen LogP contribution in [0.4, 0.5) is 4.79 Å². The van der Waals surface area contributed by atoms with Gasteiger partial charge in [0.05, 0.1) is 0 Å². The fraction of sp³-hybridized carbons (Fsp3) is 0.857. The number of nitrogens with one attached hydrogen (secondary N) is 1. The van der Waals surface area contributed by atoms with Crippen molar-refractivity contribution in [2.45, 2.75) is 32.7 Å². The number of carboxylic acids is 1. The molecule has 1 saturated heterocycles. The minimum atomic E-state index is -0.917. The molecule has 1 saturated carbocycles. The van der Waals surface area contributed by atoms with Crippen LogP contribution in [0, 0.1) is 11.8 Å². The molecule has 2 rings (SSSR count). The van der Waals surface area contributed by atoms with Crippen LogP contribution in [0.3, 0.4) is 0 Å². The summed E-state index contributed by atoms with van der Waals surface area (Å²) < 4.78 is 0. The van der Waals surface area contributed by atoms with Gasteiger partial charge in [-0.05, 0) is 24.7 Å². The zero-order valence-electron chi connectivity index (χ0n) is 12.3. The Morgan fingerprint density at radius 3 is 2.25 bits per heavy atom. The minimum absolute atomic E-state index is 0.124. The van der Waals surface area contributed by atoms with E-state index in [4.69, 9.17) is 5.11 Å². The molecule has 1 aliphatic carbocycles. The second kappa shape index (κ2) is 6.43. The molecule has 0 bridgehead atoms. The van der Waals surface area contributed by atoms with Crippen molar-refractivity contribution in [2.24, 2.45) is 11.8 Å². The van der Waals surface area contributed by atoms with Crippen LogP contribution in [0.1, 0.15) is 26.7 Å². The van der Waals surface area contributed by atoms with E-state index in [1.54, 1.807) is 4.90 Å². The number of amides is 2. The Hall–Kier alpha value is -1.30. The van der Waals surface area contributed by atoms with E-state index in [0.717, 1.165) is 32.5 Å². The number of aliphatic carboxylic acids is 1. The van der Waals surface area contributed by atoms with Gasteiger partial charge < -0.3 is 15.3 Å². The maximum absolute atomic E-state index is 12.1. The van der Waals surface area contributed by atoms with Crippen molar-refractivity contribution in [1.29, 1.82) is 0 Å². The number of urea groups is 1. The van der Waals surface area contributed by atoms with Crippen molar-refractivity contribution in [1.82, 2.24) is 15.1 Å². The van der Waals surface area contributed by atoms with Crippen LogP contribution in [0.5, 0.6) is 0 Å². The van der Waals surface area contributed by atoms with Gasteiger partial charge in [0.2, 0.25) is 0 Å². The number of hydrogen-bond acceptors (Lipinski definition) is 3. The molecule has 2 N–H and O–H groups in total. The van der Waals surface area contributed by atoms with Gasteiger partial charge in [-0.1, -0.05) is 13.8 Å². The fourth-order valence-corrected chi connectivity index (χ4v) is 2.69. The van der Waals surface area contributed by atoms with Crippen LogP contribution in [-0.4, -0.2) is 65.7 Å². The molecule has 114 valence electrons. The van der Waals surface area contributed by atoms with Gasteiger partial charge in [0.25, 0.3) is 0 Å². The maximum atomic E-state index is 12.1. The lowest BCUT2D eigenvalue weighted by molar-refractivity contribution is -0.139. The number of carbonyl (C=O) groups is 2. The maximum Gasteiger partial charge on any atom is 0.326 e. The van der Waals surface area contributed by atoms with Gasteiger partial charge in [-0.15, -0.1) is 0 Å². The molecule has 6 heteroatoms. The van der Waals surface area contributed by atoms with Gasteiger partial charge in [0.1, 0.15) is 6.04 Å². The molecule has 2 amide bonds. The van der Waals surface area contributed by atoms with E-state index in [0.29, 0.717) is 19.0 Å². The number of hydrogen-bond donors (Lipinski definition) is 2. The Morgan fingerprint density at radius 1 is 1.20 bits per heavy atom. The number of carboxylic acid groups (broad SMARTS) is 1. The molecule has 0 aromatic rings. The summed E-state index contributed by atoms with van der Waals surface area (Å²) in [6.45, 7) is 8.51. The first-order valence-corrected chi connectivity index (χ1v) is 7.48. The third-order valence-electron chi connectivity index (χ3n) is 3.92. The molecule has 0 radical (unpaired) electrons. The number of nitrogens with zero attached hydrogens (tertiary/aromatic N) is 2. The molecule has 1 unspecified atom stereocenters. The van der Waals surface area contributed by atoms with Crippen molar-refractivity contribution in [2.75, 3.05) is 32.7 Å². The van der Waals surface area contributed by atoms with Crippen LogP contribution in [0.25, 0.3) is 0 Å². The summed E-state index contributed by atoms with van der Waals surface area (Å²) in [5.74, 6) is -0.167. The number of piperazine rings is 1. The first-order chi connectivity index (χ1) is 9.47. The zero-order valence-corrected chi connectivity index (χ0v) is 12.3. The first kappa shape index (κ1) is 15.1. The molecule has 20 heavy (non-hydrogen) atoms. The van der Waals surface area contributed by atoms with Gasteiger partial charge in [-0.3, -0.25) is 4.90 Å². The lowest BCUT2D eigenvalue weighted by Gasteiger charge is -2.36. The Kier molecular flexibility index (Phi) is 4.86. The fourth-order valence-electron chi connectivity index (χ4n) is 2.69. The van der Waals surface area contributed by atoms with Crippen molar-refractivity contribution in [3.05, 3.63) is 0 Å². The number of carbonyl (C=O) groups excluding carboxylic acids is 1. The normalized spacial score (nSPS) is 21.9. The molecule has 2 aliphatic rings. The van der Waals surface area contributed by atoms with Crippen LogP contribution < -0.4 is 5.32 Å². The summed E-state index contributed by atoms with van der Waals surface area (Å²) >= 11 is 0. The third kappa shape index (κ3) is 4.10. The molecular weight excluding hydrogens is 258 g/mol. The van der Waals surface area contributed by atoms with Crippen LogP contribution in [-0.2, 0) is 4.79 Å². The number of rotatable bonds is 5. The van der Waals surface area contributed by atoms with E-state index in [1.807, 2.05) is 0 Å². The summed E-state index contributed by atoms with van der Waals surface area (Å²) in [5, 5.41) is 11.8. The molecule has 2 fully saturated rings. The minimum Gasteiger partial charge on any atom is -0.480 e. The highest BCUT2D eigenvalue weighted by molar-refractivity contribution is 5.83. The van der Waals surface area contributed by atoms with Gasteiger partial charge >= 0.3 is 12.0 Å². The molecule has 1 heterocycles. The van der Waals surface area contributed by atoms with E-state index >= 15 is 0 Å². The largest absolute Gasteiger partial charge is 0.480 e. The SMILES string of the molecule is CC(C)CN1CCN(C(=O)NC(C(=O)O)C2CC2)CC1. The predicted octanol–water partition coefficient (Wildman–Crippen LogP) is 0.833. The zero-order chi connectivity index (χ0) is 14.7. The van der Waals surface area contributed by atoms with Gasteiger partial charge in [-0.2, -0.15) is 0 Å². The smallest absolute Gasteiger partial charge is 0.326 e. The highest BCUT2D eigenvalue weighted by Gasteiger charge is 2.38. The lowest BCUT2D eigenvalue weighted by Crippen LogP contribution is -2.55. The topological polar surface area (TPSA) is 72.9 Å². The summed E-state index contributed by atoms with van der Waals surface area (Å²) in [4.78, 5) is 27.3. The summed E-state index contributed by atoms with van der Waals surface area (Å²) in [6, 6.07) is -0.940. The Bertz CT molecular complexity index is 361. The van der Waals surface area contributed by atoms with E-state index in [2.05, 4.69) is 24.1 Å². The second-order valence-electron chi connectivity index (χ2n) is 6.28. The Balaban J connectivity index is 1.78. The Labute approximate surface area is 120 Å². The van der Waals surface area contributed by atoms with E-state index in [-0.39, 0.29) is 11.9 Å². The van der Waals surface area contributed by atoms with Crippen molar-refractivity contribution < 1.29 is 14.7 Å². The van der Waals surface area contributed by atoms with Gasteiger partial charge in [0.15, 0.2) is 0 Å². The van der Waals surface area contributed by atoms with E-state index in [1.165, 1.54) is 0 Å². The van der Waals surface area contributed by atoms with Crippen LogP contribution in [0.2, 0.25) is 0 Å². The lowest BCUT2D eigenvalue weighted by atomic mass is 10.2. The van der Waals surface area contributed by atoms with E-state index in [9.17, 15) is 9.59 Å². The van der Waals surface area contributed by atoms with Crippen molar-refractivity contribution in [3.63, 3.8) is 0 Å². The Morgan fingerprint density at radius 2 is 1.80 bits per heavy atom. The second-order valence-corrected chi connectivity index (χ2v) is 6.28. The highest BCUT2D eigenvalue weighted by Crippen LogP contribution is 2.32. The van der Waals surface area contributed by atoms with Crippen molar-refractivity contribution in [3.8, 4) is 0 Å².